The summed E-state index contributed by atoms with van der Waals surface area (Å²) >= 11 is 1.71. The minimum atomic E-state index is -3.51. The molecule has 0 spiro atoms. The molecular formula is C18H23NO3S2. The molecule has 2 aromatic carbocycles. The standard InChI is InChI=1S/C18H23NO3S2/c1-14-11-17(22-3)12-15(2)18(14)24(20,21)19-9-10-23-13-16-7-5-4-6-8-16/h4-8,11-12,19H,9-10,13H2,1-3H3. The van der Waals surface area contributed by atoms with Crippen LogP contribution in [0.2, 0.25) is 0 Å². The van der Waals surface area contributed by atoms with Crippen LogP contribution < -0.4 is 9.46 Å². The van der Waals surface area contributed by atoms with E-state index in [0.717, 1.165) is 11.5 Å². The fraction of sp³-hybridized carbons (Fsp3) is 0.333. The number of hydrogen-bond acceptors (Lipinski definition) is 4. The van der Waals surface area contributed by atoms with E-state index in [4.69, 9.17) is 4.74 Å². The molecule has 4 nitrogen and oxygen atoms in total. The summed E-state index contributed by atoms with van der Waals surface area (Å²) in [7, 11) is -1.94. The molecule has 2 aromatic rings. The zero-order chi connectivity index (χ0) is 17.6. The highest BCUT2D eigenvalue weighted by Gasteiger charge is 2.19. The largest absolute Gasteiger partial charge is 0.497 e. The fourth-order valence-electron chi connectivity index (χ4n) is 2.54. The molecule has 24 heavy (non-hydrogen) atoms. The van der Waals surface area contributed by atoms with Crippen LogP contribution in [-0.2, 0) is 15.8 Å². The van der Waals surface area contributed by atoms with Gasteiger partial charge in [0.1, 0.15) is 5.75 Å². The first-order chi connectivity index (χ1) is 11.4. The SMILES string of the molecule is COc1cc(C)c(S(=O)(=O)NCCSCc2ccccc2)c(C)c1. The summed E-state index contributed by atoms with van der Waals surface area (Å²) in [5, 5.41) is 0. The Hall–Kier alpha value is -1.50. The van der Waals surface area contributed by atoms with E-state index >= 15 is 0 Å². The molecule has 0 aliphatic heterocycles. The van der Waals surface area contributed by atoms with Crippen LogP contribution in [0.15, 0.2) is 47.4 Å². The number of rotatable bonds is 8. The minimum absolute atomic E-state index is 0.344. The Morgan fingerprint density at radius 2 is 1.71 bits per heavy atom. The lowest BCUT2D eigenvalue weighted by molar-refractivity contribution is 0.413. The lowest BCUT2D eigenvalue weighted by Gasteiger charge is -2.13. The van der Waals surface area contributed by atoms with E-state index in [2.05, 4.69) is 16.9 Å². The van der Waals surface area contributed by atoms with Crippen molar-refractivity contribution < 1.29 is 13.2 Å². The van der Waals surface area contributed by atoms with Crippen molar-refractivity contribution in [2.24, 2.45) is 0 Å². The monoisotopic (exact) mass is 365 g/mol. The lowest BCUT2D eigenvalue weighted by Crippen LogP contribution is -2.27. The Kier molecular flexibility index (Phi) is 6.71. The summed E-state index contributed by atoms with van der Waals surface area (Å²) in [4.78, 5) is 0.344. The number of benzene rings is 2. The van der Waals surface area contributed by atoms with E-state index in [-0.39, 0.29) is 0 Å². The molecular weight excluding hydrogens is 342 g/mol. The maximum atomic E-state index is 12.5. The average Bonchev–Trinajstić information content (AvgIpc) is 2.54. The third-order valence-electron chi connectivity index (χ3n) is 3.59. The molecule has 0 saturated heterocycles. The van der Waals surface area contributed by atoms with Gasteiger partial charge in [-0.3, -0.25) is 0 Å². The van der Waals surface area contributed by atoms with E-state index in [1.54, 1.807) is 44.9 Å². The normalized spacial score (nSPS) is 11.5. The Balaban J connectivity index is 1.92. The van der Waals surface area contributed by atoms with Crippen LogP contribution in [-0.4, -0.2) is 27.8 Å². The molecule has 0 aliphatic carbocycles. The molecule has 0 bridgehead atoms. The molecule has 0 aliphatic rings. The Labute approximate surface area is 148 Å². The van der Waals surface area contributed by atoms with Crippen molar-refractivity contribution in [2.45, 2.75) is 24.5 Å². The molecule has 0 saturated carbocycles. The molecule has 0 radical (unpaired) electrons. The predicted octanol–water partition coefficient (Wildman–Crippen LogP) is 3.52. The summed E-state index contributed by atoms with van der Waals surface area (Å²) in [6.07, 6.45) is 0. The predicted molar refractivity (Wildman–Crippen MR) is 100 cm³/mol. The van der Waals surface area contributed by atoms with Gasteiger partial charge in [-0.1, -0.05) is 30.3 Å². The lowest BCUT2D eigenvalue weighted by atomic mass is 10.1. The topological polar surface area (TPSA) is 55.4 Å². The molecule has 0 heterocycles. The van der Waals surface area contributed by atoms with Crippen LogP contribution in [0.1, 0.15) is 16.7 Å². The molecule has 0 aromatic heterocycles. The van der Waals surface area contributed by atoms with Gasteiger partial charge in [-0.05, 0) is 42.7 Å². The van der Waals surface area contributed by atoms with Gasteiger partial charge in [-0.2, -0.15) is 11.8 Å². The summed E-state index contributed by atoms with van der Waals surface area (Å²) in [6.45, 7) is 3.98. The van der Waals surface area contributed by atoms with Gasteiger partial charge in [0, 0.05) is 18.1 Å². The van der Waals surface area contributed by atoms with Gasteiger partial charge in [0.2, 0.25) is 10.0 Å². The second-order valence-electron chi connectivity index (χ2n) is 5.53. The van der Waals surface area contributed by atoms with E-state index in [1.807, 2.05) is 18.2 Å². The number of hydrogen-bond donors (Lipinski definition) is 1. The number of sulfonamides is 1. The zero-order valence-electron chi connectivity index (χ0n) is 14.2. The van der Waals surface area contributed by atoms with Crippen LogP contribution in [0.5, 0.6) is 5.75 Å². The number of thioether (sulfide) groups is 1. The van der Waals surface area contributed by atoms with Gasteiger partial charge >= 0.3 is 0 Å². The van der Waals surface area contributed by atoms with E-state index in [0.29, 0.717) is 28.3 Å². The molecule has 0 unspecified atom stereocenters. The summed E-state index contributed by atoms with van der Waals surface area (Å²) < 4.78 is 33.0. The molecule has 0 fully saturated rings. The first-order valence-corrected chi connectivity index (χ1v) is 10.3. The van der Waals surface area contributed by atoms with Gasteiger partial charge in [0.15, 0.2) is 0 Å². The van der Waals surface area contributed by atoms with E-state index in [9.17, 15) is 8.42 Å². The average molecular weight is 366 g/mol. The van der Waals surface area contributed by atoms with Crippen molar-refractivity contribution in [1.29, 1.82) is 0 Å². The highest BCUT2D eigenvalue weighted by Crippen LogP contribution is 2.25. The van der Waals surface area contributed by atoms with E-state index < -0.39 is 10.0 Å². The first kappa shape index (κ1) is 18.8. The molecule has 0 amide bonds. The van der Waals surface area contributed by atoms with E-state index in [1.165, 1.54) is 5.56 Å². The van der Waals surface area contributed by atoms with Crippen molar-refractivity contribution in [2.75, 3.05) is 19.4 Å². The molecule has 1 N–H and O–H groups in total. The van der Waals surface area contributed by atoms with Gasteiger partial charge in [-0.15, -0.1) is 0 Å². The van der Waals surface area contributed by atoms with Gasteiger partial charge < -0.3 is 4.74 Å². The zero-order valence-corrected chi connectivity index (χ0v) is 15.8. The van der Waals surface area contributed by atoms with Crippen LogP contribution >= 0.6 is 11.8 Å². The maximum absolute atomic E-state index is 12.5. The second-order valence-corrected chi connectivity index (χ2v) is 8.34. The number of methoxy groups -OCH3 is 1. The van der Waals surface area contributed by atoms with Gasteiger partial charge in [0.25, 0.3) is 0 Å². The number of aryl methyl sites for hydroxylation is 2. The van der Waals surface area contributed by atoms with Crippen LogP contribution in [0, 0.1) is 13.8 Å². The summed E-state index contributed by atoms with van der Waals surface area (Å²) in [5.41, 5.74) is 2.62. The highest BCUT2D eigenvalue weighted by atomic mass is 32.2. The van der Waals surface area contributed by atoms with Crippen LogP contribution in [0.25, 0.3) is 0 Å². The quantitative estimate of drug-likeness (QED) is 0.727. The number of ether oxygens (including phenoxy) is 1. The molecule has 6 heteroatoms. The van der Waals surface area contributed by atoms with Crippen molar-refractivity contribution in [3.8, 4) is 5.75 Å². The summed E-state index contributed by atoms with van der Waals surface area (Å²) in [5.74, 6) is 2.27. The van der Waals surface area contributed by atoms with Crippen LogP contribution in [0.3, 0.4) is 0 Å². The van der Waals surface area contributed by atoms with Crippen molar-refractivity contribution >= 4 is 21.8 Å². The minimum Gasteiger partial charge on any atom is -0.497 e. The Morgan fingerprint density at radius 1 is 1.08 bits per heavy atom. The third-order valence-corrected chi connectivity index (χ3v) is 6.38. The van der Waals surface area contributed by atoms with Gasteiger partial charge in [0.05, 0.1) is 12.0 Å². The third kappa shape index (κ3) is 5.00. The Morgan fingerprint density at radius 3 is 2.29 bits per heavy atom. The molecule has 0 atom stereocenters. The second kappa shape index (κ2) is 8.55. The maximum Gasteiger partial charge on any atom is 0.241 e. The molecule has 2 rings (SSSR count). The van der Waals surface area contributed by atoms with Crippen LogP contribution in [0.4, 0.5) is 0 Å². The van der Waals surface area contributed by atoms with Crippen molar-refractivity contribution in [3.05, 3.63) is 59.2 Å². The van der Waals surface area contributed by atoms with Crippen molar-refractivity contribution in [3.63, 3.8) is 0 Å². The number of nitrogens with one attached hydrogen (secondary N) is 1. The molecule has 130 valence electrons. The smallest absolute Gasteiger partial charge is 0.241 e. The summed E-state index contributed by atoms with van der Waals surface area (Å²) in [6, 6.07) is 13.6. The highest BCUT2D eigenvalue weighted by molar-refractivity contribution is 7.98. The fourth-order valence-corrected chi connectivity index (χ4v) is 4.97. The Bertz CT molecular complexity index is 751. The first-order valence-electron chi connectivity index (χ1n) is 7.70. The van der Waals surface area contributed by atoms with Crippen molar-refractivity contribution in [1.82, 2.24) is 4.72 Å². The van der Waals surface area contributed by atoms with Gasteiger partial charge in [-0.25, -0.2) is 13.1 Å².